The molecule has 2 unspecified atom stereocenters. The zero-order valence-electron chi connectivity index (χ0n) is 12.2. The minimum atomic E-state index is -3.00. The topological polar surface area (TPSA) is 66.5 Å². The van der Waals surface area contributed by atoms with Crippen LogP contribution in [0.15, 0.2) is 0 Å². The van der Waals surface area contributed by atoms with Gasteiger partial charge in [-0.2, -0.15) is 0 Å². The van der Waals surface area contributed by atoms with Crippen molar-refractivity contribution >= 4 is 15.7 Å². The minimum Gasteiger partial charge on any atom is -0.341 e. The van der Waals surface area contributed by atoms with Crippen LogP contribution in [0.5, 0.6) is 0 Å². The van der Waals surface area contributed by atoms with Crippen molar-refractivity contribution in [3.63, 3.8) is 0 Å². The second-order valence-electron chi connectivity index (χ2n) is 5.37. The van der Waals surface area contributed by atoms with E-state index in [1.165, 1.54) is 6.42 Å². The molecule has 0 radical (unpaired) electrons. The van der Waals surface area contributed by atoms with Crippen LogP contribution >= 0.6 is 0 Å². The van der Waals surface area contributed by atoms with Gasteiger partial charge in [-0.15, -0.1) is 0 Å². The molecule has 1 fully saturated rings. The lowest BCUT2D eigenvalue weighted by atomic mass is 10.1. The molecular formula is C13H26N2O3S. The van der Waals surface area contributed by atoms with Gasteiger partial charge in [0.05, 0.1) is 11.8 Å². The molecule has 2 atom stereocenters. The van der Waals surface area contributed by atoms with E-state index in [0.717, 1.165) is 25.9 Å². The summed E-state index contributed by atoms with van der Waals surface area (Å²) in [6, 6.07) is -0.520. The number of hydrogen-bond donors (Lipinski definition) is 1. The highest BCUT2D eigenvalue weighted by molar-refractivity contribution is 7.91. The first-order valence-corrected chi connectivity index (χ1v) is 8.93. The van der Waals surface area contributed by atoms with Gasteiger partial charge in [0.25, 0.3) is 0 Å². The number of hydrogen-bond acceptors (Lipinski definition) is 4. The molecule has 112 valence electrons. The Kier molecular flexibility index (Phi) is 6.26. The van der Waals surface area contributed by atoms with Gasteiger partial charge >= 0.3 is 0 Å². The molecule has 1 aliphatic heterocycles. The second-order valence-corrected chi connectivity index (χ2v) is 7.77. The predicted molar refractivity (Wildman–Crippen MR) is 76.8 cm³/mol. The van der Waals surface area contributed by atoms with Gasteiger partial charge in [-0.25, -0.2) is 8.42 Å². The molecular weight excluding hydrogens is 264 g/mol. The molecule has 0 saturated carbocycles. The summed E-state index contributed by atoms with van der Waals surface area (Å²) >= 11 is 0. The fraction of sp³-hybridized carbons (Fsp3) is 0.923. The number of sulfone groups is 1. The van der Waals surface area contributed by atoms with Crippen molar-refractivity contribution in [1.29, 1.82) is 0 Å². The maximum absolute atomic E-state index is 12.2. The van der Waals surface area contributed by atoms with Gasteiger partial charge in [-0.1, -0.05) is 6.92 Å². The molecule has 6 heteroatoms. The molecule has 1 rings (SSSR count). The van der Waals surface area contributed by atoms with Crippen molar-refractivity contribution < 1.29 is 13.2 Å². The van der Waals surface area contributed by atoms with Gasteiger partial charge in [0, 0.05) is 24.9 Å². The normalized spacial score (nSPS) is 20.1. The molecule has 1 N–H and O–H groups in total. The van der Waals surface area contributed by atoms with Crippen molar-refractivity contribution in [3.8, 4) is 0 Å². The molecule has 0 aromatic heterocycles. The van der Waals surface area contributed by atoms with Crippen molar-refractivity contribution in [2.75, 3.05) is 24.6 Å². The first-order chi connectivity index (χ1) is 8.85. The zero-order chi connectivity index (χ0) is 14.5. The molecule has 1 aliphatic rings. The first-order valence-electron chi connectivity index (χ1n) is 7.11. The van der Waals surface area contributed by atoms with Gasteiger partial charge in [-0.05, 0) is 33.1 Å². The molecule has 0 bridgehead atoms. The Morgan fingerprint density at radius 2 is 1.79 bits per heavy atom. The third kappa shape index (κ3) is 5.48. The van der Waals surface area contributed by atoms with E-state index in [1.807, 2.05) is 18.7 Å². The van der Waals surface area contributed by atoms with Crippen molar-refractivity contribution in [2.45, 2.75) is 52.1 Å². The van der Waals surface area contributed by atoms with Gasteiger partial charge in [0.1, 0.15) is 0 Å². The second kappa shape index (κ2) is 7.24. The molecule has 19 heavy (non-hydrogen) atoms. The van der Waals surface area contributed by atoms with E-state index in [1.54, 1.807) is 6.92 Å². The number of likely N-dealkylation sites (tertiary alicyclic amines) is 1. The van der Waals surface area contributed by atoms with Crippen molar-refractivity contribution in [3.05, 3.63) is 0 Å². The highest BCUT2D eigenvalue weighted by atomic mass is 32.2. The van der Waals surface area contributed by atoms with E-state index in [-0.39, 0.29) is 29.5 Å². The largest absolute Gasteiger partial charge is 0.341 e. The van der Waals surface area contributed by atoms with Crippen molar-refractivity contribution in [1.82, 2.24) is 10.2 Å². The molecule has 1 amide bonds. The van der Waals surface area contributed by atoms with Crippen LogP contribution in [0, 0.1) is 0 Å². The fourth-order valence-corrected chi connectivity index (χ4v) is 3.53. The quantitative estimate of drug-likeness (QED) is 0.786. The maximum atomic E-state index is 12.2. The predicted octanol–water partition coefficient (Wildman–Crippen LogP) is 0.800. The fourth-order valence-electron chi connectivity index (χ4n) is 2.43. The van der Waals surface area contributed by atoms with E-state index in [2.05, 4.69) is 5.32 Å². The number of amides is 1. The van der Waals surface area contributed by atoms with Crippen LogP contribution in [-0.2, 0) is 14.6 Å². The standard InChI is InChI=1S/C13H26N2O3S/c1-4-19(17,18)10-11(2)14-12(3)13(16)15-8-6-5-7-9-15/h11-12,14H,4-10H2,1-3H3. The number of piperidine rings is 1. The van der Waals surface area contributed by atoms with Crippen LogP contribution in [0.1, 0.15) is 40.0 Å². The summed E-state index contributed by atoms with van der Waals surface area (Å²) in [5.74, 6) is 0.314. The van der Waals surface area contributed by atoms with Gasteiger partial charge in [0.2, 0.25) is 5.91 Å². The molecule has 0 aliphatic carbocycles. The molecule has 0 aromatic carbocycles. The Hall–Kier alpha value is -0.620. The summed E-state index contributed by atoms with van der Waals surface area (Å²) in [5, 5.41) is 3.10. The summed E-state index contributed by atoms with van der Waals surface area (Å²) in [6.07, 6.45) is 3.33. The number of carbonyl (C=O) groups is 1. The highest BCUT2D eigenvalue weighted by Gasteiger charge is 2.24. The lowest BCUT2D eigenvalue weighted by molar-refractivity contribution is -0.134. The van der Waals surface area contributed by atoms with E-state index in [9.17, 15) is 13.2 Å². The van der Waals surface area contributed by atoms with Crippen molar-refractivity contribution in [2.24, 2.45) is 0 Å². The van der Waals surface area contributed by atoms with E-state index in [4.69, 9.17) is 0 Å². The smallest absolute Gasteiger partial charge is 0.239 e. The van der Waals surface area contributed by atoms with Gasteiger partial charge in [0.15, 0.2) is 9.84 Å². The average Bonchev–Trinajstić information content (AvgIpc) is 2.38. The van der Waals surface area contributed by atoms with Crippen LogP contribution in [-0.4, -0.2) is 55.9 Å². The Labute approximate surface area is 116 Å². The van der Waals surface area contributed by atoms with Crippen LogP contribution in [0.25, 0.3) is 0 Å². The summed E-state index contributed by atoms with van der Waals surface area (Å²) in [7, 11) is -3.00. The summed E-state index contributed by atoms with van der Waals surface area (Å²) in [6.45, 7) is 6.92. The summed E-state index contributed by atoms with van der Waals surface area (Å²) < 4.78 is 23.1. The van der Waals surface area contributed by atoms with Crippen LogP contribution < -0.4 is 5.32 Å². The molecule has 1 saturated heterocycles. The van der Waals surface area contributed by atoms with E-state index in [0.29, 0.717) is 0 Å². The van der Waals surface area contributed by atoms with Gasteiger partial charge in [-0.3, -0.25) is 4.79 Å². The molecule has 0 spiro atoms. The summed E-state index contributed by atoms with van der Waals surface area (Å²) in [5.41, 5.74) is 0. The SMILES string of the molecule is CCS(=O)(=O)CC(C)NC(C)C(=O)N1CCCCC1. The highest BCUT2D eigenvalue weighted by Crippen LogP contribution is 2.10. The third-order valence-corrected chi connectivity index (χ3v) is 5.40. The number of nitrogens with zero attached hydrogens (tertiary/aromatic N) is 1. The Morgan fingerprint density at radius 3 is 2.32 bits per heavy atom. The van der Waals surface area contributed by atoms with Gasteiger partial charge < -0.3 is 10.2 Å². The lowest BCUT2D eigenvalue weighted by Gasteiger charge is -2.30. The number of rotatable bonds is 6. The van der Waals surface area contributed by atoms with E-state index < -0.39 is 9.84 Å². The van der Waals surface area contributed by atoms with E-state index >= 15 is 0 Å². The minimum absolute atomic E-state index is 0.0837. The van der Waals surface area contributed by atoms with Crippen LogP contribution in [0.4, 0.5) is 0 Å². The van der Waals surface area contributed by atoms with Crippen LogP contribution in [0.2, 0.25) is 0 Å². The average molecular weight is 290 g/mol. The number of nitrogens with one attached hydrogen (secondary N) is 1. The Bertz CT molecular complexity index is 389. The molecule has 0 aromatic rings. The lowest BCUT2D eigenvalue weighted by Crippen LogP contribution is -2.50. The zero-order valence-corrected chi connectivity index (χ0v) is 13.0. The Morgan fingerprint density at radius 1 is 1.21 bits per heavy atom. The maximum Gasteiger partial charge on any atom is 0.239 e. The molecule has 5 nitrogen and oxygen atoms in total. The first kappa shape index (κ1) is 16.4. The monoisotopic (exact) mass is 290 g/mol. The number of carbonyl (C=O) groups excluding carboxylic acids is 1. The van der Waals surface area contributed by atoms with Crippen LogP contribution in [0.3, 0.4) is 0 Å². The summed E-state index contributed by atoms with van der Waals surface area (Å²) in [4.78, 5) is 14.1. The molecule has 1 heterocycles. The third-order valence-electron chi connectivity index (χ3n) is 3.52. The Balaban J connectivity index is 2.44.